The van der Waals surface area contributed by atoms with Crippen LogP contribution in [0.1, 0.15) is 83.5 Å². The van der Waals surface area contributed by atoms with Crippen molar-refractivity contribution in [2.75, 3.05) is 52.9 Å². The summed E-state index contributed by atoms with van der Waals surface area (Å²) in [7, 11) is 0. The summed E-state index contributed by atoms with van der Waals surface area (Å²) in [5.41, 5.74) is -0.331. The molecule has 0 aromatic carbocycles. The van der Waals surface area contributed by atoms with Crippen molar-refractivity contribution in [2.45, 2.75) is 126 Å². The van der Waals surface area contributed by atoms with Crippen LogP contribution in [0.4, 0.5) is 0 Å². The predicted molar refractivity (Wildman–Crippen MR) is 152 cm³/mol. The standard InChI is InChI=1S/C33H54O8/c34-26-6-1-22(2-7-26)14-35-18-33(19-36-15-23-3-8-27-30(11-23)39-27,20-37-16-24-4-9-28-31(12-24)40-28)21-38-17-25-5-10-29-32(13-25)41-29/h22-32,34H,1-21H2. The summed E-state index contributed by atoms with van der Waals surface area (Å²) >= 11 is 0. The molecule has 234 valence electrons. The van der Waals surface area contributed by atoms with Gasteiger partial charge in [-0.25, -0.2) is 0 Å². The second-order valence-electron chi connectivity index (χ2n) is 14.9. The lowest BCUT2D eigenvalue weighted by atomic mass is 9.87. The van der Waals surface area contributed by atoms with Crippen LogP contribution in [0.2, 0.25) is 0 Å². The molecule has 7 rings (SSSR count). The van der Waals surface area contributed by atoms with Gasteiger partial charge in [-0.1, -0.05) is 0 Å². The van der Waals surface area contributed by atoms with Gasteiger partial charge < -0.3 is 38.3 Å². The van der Waals surface area contributed by atoms with Crippen molar-refractivity contribution >= 4 is 0 Å². The van der Waals surface area contributed by atoms with E-state index in [9.17, 15) is 5.11 Å². The highest BCUT2D eigenvalue weighted by Crippen LogP contribution is 2.42. The van der Waals surface area contributed by atoms with Gasteiger partial charge in [0.25, 0.3) is 0 Å². The van der Waals surface area contributed by atoms with Crippen LogP contribution in [0, 0.1) is 29.1 Å². The van der Waals surface area contributed by atoms with Gasteiger partial charge in [-0.3, -0.25) is 0 Å². The Labute approximate surface area is 246 Å². The van der Waals surface area contributed by atoms with Crippen molar-refractivity contribution in [2.24, 2.45) is 29.1 Å². The van der Waals surface area contributed by atoms with Crippen molar-refractivity contribution < 1.29 is 38.3 Å². The number of ether oxygens (including phenoxy) is 7. The Morgan fingerprint density at radius 2 is 0.780 bits per heavy atom. The van der Waals surface area contributed by atoms with Gasteiger partial charge in [-0.2, -0.15) is 0 Å². The zero-order valence-corrected chi connectivity index (χ0v) is 25.0. The number of fused-ring (bicyclic) bond motifs is 3. The molecule has 7 fully saturated rings. The molecule has 1 N–H and O–H groups in total. The molecule has 0 radical (unpaired) electrons. The molecule has 0 bridgehead atoms. The van der Waals surface area contributed by atoms with Gasteiger partial charge in [0.05, 0.1) is 74.6 Å². The first-order chi connectivity index (χ1) is 20.1. The van der Waals surface area contributed by atoms with Crippen LogP contribution in [0.15, 0.2) is 0 Å². The van der Waals surface area contributed by atoms with Crippen molar-refractivity contribution in [3.8, 4) is 0 Å². The summed E-state index contributed by atoms with van der Waals surface area (Å²) in [5.74, 6) is 2.26. The quantitative estimate of drug-likeness (QED) is 0.271. The van der Waals surface area contributed by atoms with E-state index in [1.165, 1.54) is 38.5 Å². The van der Waals surface area contributed by atoms with Crippen LogP contribution < -0.4 is 0 Å². The molecule has 9 unspecified atom stereocenters. The van der Waals surface area contributed by atoms with E-state index in [0.29, 0.717) is 86.7 Å². The fraction of sp³-hybridized carbons (Fsp3) is 1.00. The molecule has 8 nitrogen and oxygen atoms in total. The van der Waals surface area contributed by atoms with Crippen LogP contribution >= 0.6 is 0 Å². The van der Waals surface area contributed by atoms with Gasteiger partial charge in [-0.15, -0.1) is 0 Å². The monoisotopic (exact) mass is 578 g/mol. The van der Waals surface area contributed by atoms with Crippen LogP contribution in [0.5, 0.6) is 0 Å². The Morgan fingerprint density at radius 1 is 0.439 bits per heavy atom. The smallest absolute Gasteiger partial charge is 0.0845 e. The molecule has 9 atom stereocenters. The molecule has 0 aromatic heterocycles. The molecule has 3 heterocycles. The van der Waals surface area contributed by atoms with E-state index in [2.05, 4.69) is 0 Å². The molecule has 3 aliphatic heterocycles. The van der Waals surface area contributed by atoms with Gasteiger partial charge in [0.15, 0.2) is 0 Å². The van der Waals surface area contributed by atoms with Crippen LogP contribution in [0.3, 0.4) is 0 Å². The number of aliphatic hydroxyl groups is 1. The first-order valence-electron chi connectivity index (χ1n) is 17.1. The second-order valence-corrected chi connectivity index (χ2v) is 14.9. The highest BCUT2D eigenvalue weighted by atomic mass is 16.6. The SMILES string of the molecule is OC1CCC(COCC(COCC2CCC3OC3C2)(COCC2CCC3OC3C2)COCC2CCC3OC3C2)CC1. The molecule has 3 saturated heterocycles. The average Bonchev–Trinajstić information content (AvgIpc) is 3.86. The van der Waals surface area contributed by atoms with E-state index in [4.69, 9.17) is 33.2 Å². The van der Waals surface area contributed by atoms with Crippen molar-refractivity contribution in [1.29, 1.82) is 0 Å². The highest BCUT2D eigenvalue weighted by Gasteiger charge is 2.46. The molecule has 41 heavy (non-hydrogen) atoms. The van der Waals surface area contributed by atoms with E-state index < -0.39 is 0 Å². The minimum atomic E-state index is -0.331. The number of epoxide rings is 3. The first-order valence-corrected chi connectivity index (χ1v) is 17.1. The van der Waals surface area contributed by atoms with Crippen LogP contribution in [-0.2, 0) is 33.2 Å². The van der Waals surface area contributed by atoms with Gasteiger partial charge in [-0.05, 0) is 107 Å². The topological polar surface area (TPSA) is 94.7 Å². The second kappa shape index (κ2) is 13.4. The van der Waals surface area contributed by atoms with Crippen LogP contribution in [-0.4, -0.2) is 101 Å². The molecular formula is C33H54O8. The fourth-order valence-electron chi connectivity index (χ4n) is 8.24. The molecule has 4 aliphatic carbocycles. The lowest BCUT2D eigenvalue weighted by molar-refractivity contribution is -0.122. The Bertz CT molecular complexity index is 748. The van der Waals surface area contributed by atoms with E-state index >= 15 is 0 Å². The molecule has 0 amide bonds. The summed E-state index contributed by atoms with van der Waals surface area (Å²) in [5, 5.41) is 9.94. The van der Waals surface area contributed by atoms with Crippen molar-refractivity contribution in [3.05, 3.63) is 0 Å². The average molecular weight is 579 g/mol. The maximum Gasteiger partial charge on any atom is 0.0845 e. The summed E-state index contributed by atoms with van der Waals surface area (Å²) < 4.78 is 43.4. The largest absolute Gasteiger partial charge is 0.393 e. The lowest BCUT2D eigenvalue weighted by Gasteiger charge is -2.35. The van der Waals surface area contributed by atoms with Crippen molar-refractivity contribution in [1.82, 2.24) is 0 Å². The molecule has 0 spiro atoms. The van der Waals surface area contributed by atoms with Gasteiger partial charge in [0, 0.05) is 26.4 Å². The third-order valence-corrected chi connectivity index (χ3v) is 11.2. The molecule has 8 heteroatoms. The summed E-state index contributed by atoms with van der Waals surface area (Å²) in [4.78, 5) is 0. The van der Waals surface area contributed by atoms with Crippen LogP contribution in [0.25, 0.3) is 0 Å². The molecular weight excluding hydrogens is 524 g/mol. The van der Waals surface area contributed by atoms with Crippen molar-refractivity contribution in [3.63, 3.8) is 0 Å². The number of hydrogen-bond donors (Lipinski definition) is 1. The van der Waals surface area contributed by atoms with Gasteiger partial charge in [0.1, 0.15) is 0 Å². The lowest BCUT2D eigenvalue weighted by Crippen LogP contribution is -2.43. The zero-order chi connectivity index (χ0) is 27.6. The minimum absolute atomic E-state index is 0.135. The maximum atomic E-state index is 9.94. The number of hydrogen-bond acceptors (Lipinski definition) is 8. The van der Waals surface area contributed by atoms with E-state index in [0.717, 1.165) is 71.4 Å². The Kier molecular flexibility index (Phi) is 9.57. The van der Waals surface area contributed by atoms with E-state index in [-0.39, 0.29) is 11.5 Å². The molecule has 7 aliphatic rings. The first kappa shape index (κ1) is 29.4. The summed E-state index contributed by atoms with van der Waals surface area (Å²) in [6, 6.07) is 0. The fourth-order valence-corrected chi connectivity index (χ4v) is 8.24. The third-order valence-electron chi connectivity index (χ3n) is 11.2. The Hall–Kier alpha value is -0.320. The van der Waals surface area contributed by atoms with Gasteiger partial charge in [0.2, 0.25) is 0 Å². The molecule has 4 saturated carbocycles. The minimum Gasteiger partial charge on any atom is -0.393 e. The van der Waals surface area contributed by atoms with E-state index in [1.807, 2.05) is 0 Å². The Morgan fingerprint density at radius 3 is 1.15 bits per heavy atom. The predicted octanol–water partition coefficient (Wildman–Crippen LogP) is 4.29. The normalized spacial score (nSPS) is 44.3. The molecule has 0 aromatic rings. The third kappa shape index (κ3) is 8.24. The Balaban J connectivity index is 0.953. The zero-order valence-electron chi connectivity index (χ0n) is 25.0. The number of aliphatic hydroxyl groups excluding tert-OH is 1. The summed E-state index contributed by atoms with van der Waals surface area (Å²) in [6.45, 7) is 5.45. The number of rotatable bonds is 16. The highest BCUT2D eigenvalue weighted by molar-refractivity contribution is 4.94. The van der Waals surface area contributed by atoms with Gasteiger partial charge >= 0.3 is 0 Å². The summed E-state index contributed by atoms with van der Waals surface area (Å²) in [6.07, 6.45) is 17.2. The maximum absolute atomic E-state index is 9.94. The van der Waals surface area contributed by atoms with E-state index in [1.54, 1.807) is 0 Å².